The Labute approximate surface area is 128 Å². The second kappa shape index (κ2) is 7.25. The molecule has 0 unspecified atom stereocenters. The summed E-state index contributed by atoms with van der Waals surface area (Å²) in [6.45, 7) is 3.00. The number of hydrogen-bond donors (Lipinski definition) is 2. The average molecular weight is 366 g/mol. The predicted molar refractivity (Wildman–Crippen MR) is 77.5 cm³/mol. The summed E-state index contributed by atoms with van der Waals surface area (Å²) in [7, 11) is 0. The van der Waals surface area contributed by atoms with Crippen molar-refractivity contribution in [2.75, 3.05) is 18.4 Å². The minimum atomic E-state index is -1.16. The monoisotopic (exact) mass is 364 g/mol. The average Bonchev–Trinajstić information content (AvgIpc) is 2.32. The summed E-state index contributed by atoms with van der Waals surface area (Å²) in [5.74, 6) is -1.72. The van der Waals surface area contributed by atoms with Crippen LogP contribution in [0.15, 0.2) is 29.3 Å². The molecule has 0 aliphatic heterocycles. The molecule has 0 aromatic heterocycles. The van der Waals surface area contributed by atoms with Gasteiger partial charge in [-0.3, -0.25) is 4.79 Å². The summed E-state index contributed by atoms with van der Waals surface area (Å²) in [6, 6.07) is 1.49. The lowest BCUT2D eigenvalue weighted by atomic mass is 10.3. The lowest BCUT2D eigenvalue weighted by Gasteiger charge is -2.20. The van der Waals surface area contributed by atoms with Crippen LogP contribution in [0.4, 0.5) is 14.9 Å². The minimum Gasteiger partial charge on any atom is -0.480 e. The first-order valence-corrected chi connectivity index (χ1v) is 6.55. The number of halogens is 3. The summed E-state index contributed by atoms with van der Waals surface area (Å²) in [5.41, 5.74) is 0.164. The van der Waals surface area contributed by atoms with E-state index >= 15 is 0 Å². The van der Waals surface area contributed by atoms with Gasteiger partial charge >= 0.3 is 12.0 Å². The van der Waals surface area contributed by atoms with E-state index in [-0.39, 0.29) is 21.7 Å². The number of rotatable bonds is 5. The molecule has 1 rings (SSSR count). The fourth-order valence-electron chi connectivity index (χ4n) is 1.39. The van der Waals surface area contributed by atoms with Crippen LogP contribution >= 0.6 is 27.5 Å². The molecule has 8 heteroatoms. The number of anilines is 1. The van der Waals surface area contributed by atoms with Gasteiger partial charge in [-0.2, -0.15) is 0 Å². The van der Waals surface area contributed by atoms with Crippen LogP contribution in [0.2, 0.25) is 5.02 Å². The van der Waals surface area contributed by atoms with Crippen molar-refractivity contribution in [2.24, 2.45) is 0 Å². The molecule has 0 spiro atoms. The van der Waals surface area contributed by atoms with Crippen molar-refractivity contribution in [2.45, 2.75) is 0 Å². The van der Waals surface area contributed by atoms with Crippen LogP contribution in [0.1, 0.15) is 0 Å². The Morgan fingerprint density at radius 2 is 2.20 bits per heavy atom. The van der Waals surface area contributed by atoms with Crippen LogP contribution in [-0.4, -0.2) is 35.1 Å². The van der Waals surface area contributed by atoms with E-state index in [9.17, 15) is 14.0 Å². The Morgan fingerprint density at radius 3 is 2.70 bits per heavy atom. The molecule has 0 bridgehead atoms. The van der Waals surface area contributed by atoms with E-state index in [2.05, 4.69) is 27.8 Å². The number of amides is 2. The molecule has 0 aliphatic rings. The van der Waals surface area contributed by atoms with Gasteiger partial charge in [-0.25, -0.2) is 9.18 Å². The van der Waals surface area contributed by atoms with Crippen LogP contribution in [-0.2, 0) is 4.79 Å². The highest BCUT2D eigenvalue weighted by atomic mass is 79.9. The van der Waals surface area contributed by atoms with Gasteiger partial charge in [-0.1, -0.05) is 17.7 Å². The maximum absolute atomic E-state index is 13.1. The maximum atomic E-state index is 13.1. The number of carbonyl (C=O) groups is 2. The second-order valence-electron chi connectivity index (χ2n) is 3.74. The van der Waals surface area contributed by atoms with Crippen LogP contribution in [0, 0.1) is 5.82 Å². The zero-order chi connectivity index (χ0) is 15.3. The first-order valence-electron chi connectivity index (χ1n) is 5.38. The quantitative estimate of drug-likeness (QED) is 0.786. The third-order valence-electron chi connectivity index (χ3n) is 2.20. The molecule has 0 radical (unpaired) electrons. The van der Waals surface area contributed by atoms with Gasteiger partial charge in [0.1, 0.15) is 12.4 Å². The Balaban J connectivity index is 2.93. The largest absolute Gasteiger partial charge is 0.480 e. The number of carbonyl (C=O) groups excluding carboxylic acids is 1. The molecule has 0 heterocycles. The molecule has 5 nitrogen and oxygen atoms in total. The van der Waals surface area contributed by atoms with Crippen molar-refractivity contribution in [1.82, 2.24) is 4.90 Å². The molecule has 0 fully saturated rings. The van der Waals surface area contributed by atoms with E-state index in [0.29, 0.717) is 0 Å². The molecule has 0 saturated carbocycles. The molecular formula is C12H11BrClFN2O3. The molecule has 20 heavy (non-hydrogen) atoms. The number of nitrogens with one attached hydrogen (secondary N) is 1. The van der Waals surface area contributed by atoms with E-state index < -0.39 is 24.4 Å². The van der Waals surface area contributed by atoms with E-state index in [4.69, 9.17) is 16.7 Å². The zero-order valence-corrected chi connectivity index (χ0v) is 12.5. The number of carboxylic acid groups (broad SMARTS) is 1. The molecule has 0 atom stereocenters. The van der Waals surface area contributed by atoms with Gasteiger partial charge in [0.15, 0.2) is 0 Å². The number of aliphatic carboxylic acids is 1. The maximum Gasteiger partial charge on any atom is 0.323 e. The van der Waals surface area contributed by atoms with E-state index in [1.165, 1.54) is 6.08 Å². The van der Waals surface area contributed by atoms with Crippen LogP contribution < -0.4 is 5.32 Å². The Hall–Kier alpha value is -1.60. The number of benzene rings is 1. The second-order valence-corrected chi connectivity index (χ2v) is 5.00. The van der Waals surface area contributed by atoms with Crippen molar-refractivity contribution in [1.29, 1.82) is 0 Å². The molecule has 0 aliphatic carbocycles. The van der Waals surface area contributed by atoms with E-state index in [1.54, 1.807) is 0 Å². The first-order chi connectivity index (χ1) is 9.35. The summed E-state index contributed by atoms with van der Waals surface area (Å²) in [4.78, 5) is 23.7. The fraction of sp³-hybridized carbons (Fsp3) is 0.167. The highest BCUT2D eigenvalue weighted by Crippen LogP contribution is 2.31. The van der Waals surface area contributed by atoms with Gasteiger partial charge in [0.25, 0.3) is 0 Å². The summed E-state index contributed by atoms with van der Waals surface area (Å²) in [6.07, 6.45) is 1.39. The Bertz CT molecular complexity index is 530. The first kappa shape index (κ1) is 16.5. The van der Waals surface area contributed by atoms with Crippen LogP contribution in [0.5, 0.6) is 0 Å². The molecule has 2 N–H and O–H groups in total. The smallest absolute Gasteiger partial charge is 0.323 e. The highest BCUT2D eigenvalue weighted by molar-refractivity contribution is 9.10. The van der Waals surface area contributed by atoms with Crippen molar-refractivity contribution in [3.63, 3.8) is 0 Å². The van der Waals surface area contributed by atoms with Gasteiger partial charge in [0, 0.05) is 11.0 Å². The molecule has 1 aromatic rings. The third kappa shape index (κ3) is 4.50. The highest BCUT2D eigenvalue weighted by Gasteiger charge is 2.18. The lowest BCUT2D eigenvalue weighted by molar-refractivity contribution is -0.137. The number of carboxylic acids is 1. The summed E-state index contributed by atoms with van der Waals surface area (Å²) < 4.78 is 13.3. The topological polar surface area (TPSA) is 69.6 Å². The lowest BCUT2D eigenvalue weighted by Crippen LogP contribution is -2.38. The van der Waals surface area contributed by atoms with Gasteiger partial charge in [0.05, 0.1) is 10.7 Å². The van der Waals surface area contributed by atoms with Crippen LogP contribution in [0.3, 0.4) is 0 Å². The van der Waals surface area contributed by atoms with Crippen molar-refractivity contribution < 1.29 is 19.1 Å². The number of nitrogens with zero attached hydrogens (tertiary/aromatic N) is 1. The SMILES string of the molecule is C=CCN(CC(=O)O)C(=O)Nc1c(Cl)cc(F)cc1Br. The number of hydrogen-bond acceptors (Lipinski definition) is 2. The molecule has 108 valence electrons. The zero-order valence-electron chi connectivity index (χ0n) is 10.2. The van der Waals surface area contributed by atoms with Crippen molar-refractivity contribution in [3.05, 3.63) is 40.1 Å². The Kier molecular flexibility index (Phi) is 5.97. The molecule has 2 amide bonds. The standard InChI is InChI=1S/C12H11BrClFN2O3/c1-2-3-17(6-10(18)19)12(20)16-11-8(13)4-7(15)5-9(11)14/h2,4-5H,1,3,6H2,(H,16,20)(H,18,19). The minimum absolute atomic E-state index is 0.000830. The fourth-order valence-corrected chi connectivity index (χ4v) is 2.28. The predicted octanol–water partition coefficient (Wildman–Crippen LogP) is 3.35. The van der Waals surface area contributed by atoms with Gasteiger partial charge < -0.3 is 15.3 Å². The molecule has 1 aromatic carbocycles. The Morgan fingerprint density at radius 1 is 1.55 bits per heavy atom. The third-order valence-corrected chi connectivity index (χ3v) is 3.13. The summed E-state index contributed by atoms with van der Waals surface area (Å²) >= 11 is 8.90. The number of urea groups is 1. The normalized spacial score (nSPS) is 9.95. The van der Waals surface area contributed by atoms with Gasteiger partial charge in [-0.15, -0.1) is 6.58 Å². The summed E-state index contributed by atoms with van der Waals surface area (Å²) in [5, 5.41) is 11.2. The molecule has 0 saturated heterocycles. The molecular weight excluding hydrogens is 354 g/mol. The van der Waals surface area contributed by atoms with E-state index in [0.717, 1.165) is 17.0 Å². The van der Waals surface area contributed by atoms with Gasteiger partial charge in [0.2, 0.25) is 0 Å². The van der Waals surface area contributed by atoms with Crippen LogP contribution in [0.25, 0.3) is 0 Å². The van der Waals surface area contributed by atoms with E-state index in [1.807, 2.05) is 0 Å². The van der Waals surface area contributed by atoms with Crippen molar-refractivity contribution in [3.8, 4) is 0 Å². The van der Waals surface area contributed by atoms with Crippen molar-refractivity contribution >= 4 is 45.2 Å². The van der Waals surface area contributed by atoms with Gasteiger partial charge in [-0.05, 0) is 28.1 Å².